The molecule has 1 saturated carbocycles. The third kappa shape index (κ3) is 3.40. The maximum atomic E-state index is 12.6. The first-order chi connectivity index (χ1) is 11.3. The molecule has 0 unspecified atom stereocenters. The van der Waals surface area contributed by atoms with Gasteiger partial charge in [-0.3, -0.25) is 4.79 Å². The van der Waals surface area contributed by atoms with E-state index in [1.165, 1.54) is 17.5 Å². The number of para-hydroxylation sites is 1. The van der Waals surface area contributed by atoms with Gasteiger partial charge in [0.2, 0.25) is 5.91 Å². The van der Waals surface area contributed by atoms with Crippen molar-refractivity contribution in [2.45, 2.75) is 38.1 Å². The van der Waals surface area contributed by atoms with Crippen LogP contribution in [0.3, 0.4) is 0 Å². The predicted molar refractivity (Wildman–Crippen MR) is 91.5 cm³/mol. The minimum Gasteiger partial charge on any atom is -0.371 e. The second kappa shape index (κ2) is 6.57. The molecule has 1 aliphatic heterocycles. The van der Waals surface area contributed by atoms with E-state index >= 15 is 0 Å². The van der Waals surface area contributed by atoms with E-state index in [2.05, 4.69) is 6.07 Å². The lowest BCUT2D eigenvalue weighted by molar-refractivity contribution is -0.140. The average Bonchev–Trinajstić information content (AvgIpc) is 3.30. The normalized spacial score (nSPS) is 21.7. The molecule has 5 heteroatoms. The number of ether oxygens (including phenoxy) is 1. The van der Waals surface area contributed by atoms with Crippen LogP contribution in [0.2, 0.25) is 0 Å². The first-order valence-electron chi connectivity index (χ1n) is 8.54. The summed E-state index contributed by atoms with van der Waals surface area (Å²) in [5, 5.41) is 1.07. The zero-order valence-corrected chi connectivity index (χ0v) is 14.1. The van der Waals surface area contributed by atoms with Gasteiger partial charge in [0.1, 0.15) is 11.6 Å². The number of rotatable bonds is 5. The molecule has 1 saturated heterocycles. The molecule has 0 N–H and O–H groups in total. The van der Waals surface area contributed by atoms with Crippen molar-refractivity contribution in [2.24, 2.45) is 5.92 Å². The van der Waals surface area contributed by atoms with Crippen LogP contribution >= 0.6 is 11.3 Å². The van der Waals surface area contributed by atoms with Crippen molar-refractivity contribution in [3.05, 3.63) is 29.3 Å². The number of hydrogen-bond donors (Lipinski definition) is 0. The molecule has 0 radical (unpaired) electrons. The van der Waals surface area contributed by atoms with Crippen LogP contribution in [-0.2, 0) is 9.53 Å². The topological polar surface area (TPSA) is 42.4 Å². The lowest BCUT2D eigenvalue weighted by Gasteiger charge is -2.34. The van der Waals surface area contributed by atoms with Gasteiger partial charge < -0.3 is 9.64 Å². The molecule has 1 aliphatic carbocycles. The summed E-state index contributed by atoms with van der Waals surface area (Å²) in [6.07, 6.45) is 5.76. The zero-order valence-electron chi connectivity index (χ0n) is 13.2. The predicted octanol–water partition coefficient (Wildman–Crippen LogP) is 3.78. The number of nitrogens with zero attached hydrogens (tertiary/aromatic N) is 2. The molecule has 1 aromatic carbocycles. The monoisotopic (exact) mass is 330 g/mol. The van der Waals surface area contributed by atoms with Gasteiger partial charge in [-0.15, -0.1) is 11.3 Å². The molecule has 1 amide bonds. The molecule has 0 bridgehead atoms. The summed E-state index contributed by atoms with van der Waals surface area (Å²) in [7, 11) is 0. The summed E-state index contributed by atoms with van der Waals surface area (Å²) in [5.74, 6) is 0.818. The van der Waals surface area contributed by atoms with E-state index in [1.54, 1.807) is 11.3 Å². The van der Waals surface area contributed by atoms with E-state index in [0.717, 1.165) is 42.9 Å². The van der Waals surface area contributed by atoms with Crippen LogP contribution in [0.1, 0.15) is 43.2 Å². The molecule has 4 rings (SSSR count). The largest absolute Gasteiger partial charge is 0.371 e. The maximum absolute atomic E-state index is 12.6. The van der Waals surface area contributed by atoms with Crippen LogP contribution in [-0.4, -0.2) is 35.5 Å². The van der Waals surface area contributed by atoms with Crippen molar-refractivity contribution in [1.82, 2.24) is 9.88 Å². The molecule has 1 aromatic heterocycles. The zero-order chi connectivity index (χ0) is 15.6. The number of fused-ring (bicyclic) bond motifs is 1. The van der Waals surface area contributed by atoms with Gasteiger partial charge in [-0.2, -0.15) is 0 Å². The van der Waals surface area contributed by atoms with Crippen molar-refractivity contribution < 1.29 is 9.53 Å². The molecule has 0 spiro atoms. The SMILES string of the molecule is O=C(COCC1CC1)N1CCCC[C@@H]1c1nc2ccccc2s1. The van der Waals surface area contributed by atoms with Crippen LogP contribution in [0, 0.1) is 5.92 Å². The molecule has 2 aromatic rings. The lowest BCUT2D eigenvalue weighted by Crippen LogP contribution is -2.40. The number of carbonyl (C=O) groups excluding carboxylic acids is 1. The molecule has 2 heterocycles. The number of carbonyl (C=O) groups is 1. The molecule has 23 heavy (non-hydrogen) atoms. The van der Waals surface area contributed by atoms with E-state index in [4.69, 9.17) is 9.72 Å². The van der Waals surface area contributed by atoms with Gasteiger partial charge in [0, 0.05) is 6.54 Å². The Morgan fingerprint density at radius 1 is 1.26 bits per heavy atom. The highest BCUT2D eigenvalue weighted by Gasteiger charge is 2.30. The number of amides is 1. The highest BCUT2D eigenvalue weighted by atomic mass is 32.1. The molecule has 122 valence electrons. The molecular weight excluding hydrogens is 308 g/mol. The van der Waals surface area contributed by atoms with Gasteiger partial charge in [-0.1, -0.05) is 12.1 Å². The summed E-state index contributed by atoms with van der Waals surface area (Å²) < 4.78 is 6.81. The second-order valence-corrected chi connectivity index (χ2v) is 7.64. The highest BCUT2D eigenvalue weighted by molar-refractivity contribution is 7.18. The van der Waals surface area contributed by atoms with Gasteiger partial charge >= 0.3 is 0 Å². The van der Waals surface area contributed by atoms with Crippen molar-refractivity contribution in [3.63, 3.8) is 0 Å². The van der Waals surface area contributed by atoms with Crippen LogP contribution in [0.5, 0.6) is 0 Å². The van der Waals surface area contributed by atoms with E-state index in [-0.39, 0.29) is 18.6 Å². The number of hydrogen-bond acceptors (Lipinski definition) is 4. The smallest absolute Gasteiger partial charge is 0.249 e. The Bertz CT molecular complexity index is 662. The van der Waals surface area contributed by atoms with Crippen LogP contribution in [0.25, 0.3) is 10.2 Å². The van der Waals surface area contributed by atoms with Gasteiger partial charge in [0.05, 0.1) is 22.9 Å². The van der Waals surface area contributed by atoms with E-state index in [0.29, 0.717) is 5.92 Å². The minimum atomic E-state index is 0.120. The van der Waals surface area contributed by atoms with Crippen LogP contribution in [0.4, 0.5) is 0 Å². The average molecular weight is 330 g/mol. The number of aromatic nitrogens is 1. The minimum absolute atomic E-state index is 0.120. The number of thiazole rings is 1. The second-order valence-electron chi connectivity index (χ2n) is 6.58. The van der Waals surface area contributed by atoms with Crippen LogP contribution < -0.4 is 0 Å². The summed E-state index contributed by atoms with van der Waals surface area (Å²) in [4.78, 5) is 19.3. The van der Waals surface area contributed by atoms with Crippen molar-refractivity contribution >= 4 is 27.5 Å². The standard InChI is InChI=1S/C18H22N2O2S/c21-17(12-22-11-13-8-9-13)20-10-4-3-6-15(20)18-19-14-5-1-2-7-16(14)23-18/h1-2,5,7,13,15H,3-4,6,8-12H2/t15-/m1/s1. The third-order valence-corrected chi connectivity index (χ3v) is 5.83. The first kappa shape index (κ1) is 15.1. The summed E-state index contributed by atoms with van der Waals surface area (Å²) in [6, 6.07) is 8.33. The number of likely N-dealkylation sites (tertiary alicyclic amines) is 1. The molecule has 2 fully saturated rings. The van der Waals surface area contributed by atoms with Gasteiger partial charge in [-0.05, 0) is 50.2 Å². The van der Waals surface area contributed by atoms with E-state index < -0.39 is 0 Å². The summed E-state index contributed by atoms with van der Waals surface area (Å²) in [5.41, 5.74) is 1.04. The lowest BCUT2D eigenvalue weighted by atomic mass is 10.0. The maximum Gasteiger partial charge on any atom is 0.249 e. The fraction of sp³-hybridized carbons (Fsp3) is 0.556. The van der Waals surface area contributed by atoms with Crippen molar-refractivity contribution in [2.75, 3.05) is 19.8 Å². The molecule has 2 aliphatic rings. The fourth-order valence-electron chi connectivity index (χ4n) is 3.20. The molecular formula is C18H22N2O2S. The Kier molecular flexibility index (Phi) is 4.31. The summed E-state index contributed by atoms with van der Waals surface area (Å²) in [6.45, 7) is 1.79. The Balaban J connectivity index is 1.48. The van der Waals surface area contributed by atoms with E-state index in [1.807, 2.05) is 23.1 Å². The Morgan fingerprint density at radius 3 is 2.96 bits per heavy atom. The summed E-state index contributed by atoms with van der Waals surface area (Å²) >= 11 is 1.72. The Hall–Kier alpha value is -1.46. The number of benzene rings is 1. The van der Waals surface area contributed by atoms with Crippen molar-refractivity contribution in [3.8, 4) is 0 Å². The third-order valence-electron chi connectivity index (χ3n) is 4.69. The van der Waals surface area contributed by atoms with Gasteiger partial charge in [-0.25, -0.2) is 4.98 Å². The first-order valence-corrected chi connectivity index (χ1v) is 9.35. The highest BCUT2D eigenvalue weighted by Crippen LogP contribution is 2.35. The quantitative estimate of drug-likeness (QED) is 0.838. The van der Waals surface area contributed by atoms with Gasteiger partial charge in [0.15, 0.2) is 0 Å². The Morgan fingerprint density at radius 2 is 2.13 bits per heavy atom. The fourth-order valence-corrected chi connectivity index (χ4v) is 4.32. The van der Waals surface area contributed by atoms with Crippen molar-refractivity contribution in [1.29, 1.82) is 0 Å². The van der Waals surface area contributed by atoms with E-state index in [9.17, 15) is 4.79 Å². The Labute approximate surface area is 140 Å². The molecule has 1 atom stereocenters. The molecule has 4 nitrogen and oxygen atoms in total. The number of piperidine rings is 1. The van der Waals surface area contributed by atoms with Gasteiger partial charge in [0.25, 0.3) is 0 Å². The van der Waals surface area contributed by atoms with Crippen LogP contribution in [0.15, 0.2) is 24.3 Å².